The van der Waals surface area contributed by atoms with Crippen molar-refractivity contribution in [2.45, 2.75) is 45.1 Å². The van der Waals surface area contributed by atoms with E-state index >= 15 is 0 Å². The van der Waals surface area contributed by atoms with Crippen molar-refractivity contribution in [3.8, 4) is 17.1 Å². The molecule has 0 bridgehead atoms. The molecule has 1 aromatic carbocycles. The number of aromatic nitrogens is 4. The maximum Gasteiger partial charge on any atom is 0.299 e. The number of likely N-dealkylation sites (N-methyl/N-ethyl adjacent to an activating group) is 1. The van der Waals surface area contributed by atoms with Crippen molar-refractivity contribution in [2.75, 3.05) is 33.3 Å². The minimum Gasteiger partial charge on any atom is -0.493 e. The summed E-state index contributed by atoms with van der Waals surface area (Å²) in [5.74, 6) is 0.613. The minimum atomic E-state index is -4.24. The molecule has 0 unspecified atom stereocenters. The zero-order chi connectivity index (χ0) is 27.8. The third-order valence-electron chi connectivity index (χ3n) is 6.47. The Hall–Kier alpha value is -3.07. The van der Waals surface area contributed by atoms with E-state index in [9.17, 15) is 21.6 Å². The Balaban J connectivity index is 1.99. The lowest BCUT2D eigenvalue weighted by Crippen LogP contribution is -2.51. The molecule has 1 aliphatic rings. The molecular weight excluding hydrogens is 532 g/mol. The number of hydrogen-bond acceptors (Lipinski definition) is 9. The third kappa shape index (κ3) is 4.88. The Kier molecular flexibility index (Phi) is 8.06. The molecule has 206 valence electrons. The summed E-state index contributed by atoms with van der Waals surface area (Å²) in [6.45, 7) is 6.82. The second-order valence-electron chi connectivity index (χ2n) is 9.04. The number of sulfonamides is 1. The van der Waals surface area contributed by atoms with Crippen molar-refractivity contribution < 1.29 is 21.6 Å². The standard InChI is InChI=1S/C24H32N6O6S2/c1-6-9-18-21-22(28(5)26-18)24(31)25-23(29(21)7-2)17-14-16(10-11-19(17)36-8-3)38(34,35)30-13-12-27(4)15-20(30)37(32)33/h10-11,14H,6-9,12-13,15H2,1-5H3. The average Bonchev–Trinajstić information content (AvgIpc) is 3.20. The number of rotatable bonds is 8. The van der Waals surface area contributed by atoms with Gasteiger partial charge in [-0.1, -0.05) is 13.3 Å². The highest BCUT2D eigenvalue weighted by Gasteiger charge is 2.34. The summed E-state index contributed by atoms with van der Waals surface area (Å²) in [7, 11) is -3.53. The molecule has 0 spiro atoms. The van der Waals surface area contributed by atoms with Gasteiger partial charge in [-0.3, -0.25) is 14.4 Å². The monoisotopic (exact) mass is 564 g/mol. The zero-order valence-corrected chi connectivity index (χ0v) is 23.8. The van der Waals surface area contributed by atoms with Crippen LogP contribution in [0, 0.1) is 0 Å². The van der Waals surface area contributed by atoms with Crippen molar-refractivity contribution >= 4 is 36.3 Å². The number of nitrogens with zero attached hydrogens (tertiary/aromatic N) is 6. The molecule has 0 N–H and O–H groups in total. The van der Waals surface area contributed by atoms with Crippen LogP contribution in [0.15, 0.2) is 27.9 Å². The van der Waals surface area contributed by atoms with E-state index < -0.39 is 25.9 Å². The highest BCUT2D eigenvalue weighted by atomic mass is 32.2. The lowest BCUT2D eigenvalue weighted by atomic mass is 10.1. The van der Waals surface area contributed by atoms with E-state index in [-0.39, 0.29) is 28.8 Å². The topological polar surface area (TPSA) is 137 Å². The fourth-order valence-electron chi connectivity index (χ4n) is 4.74. The molecule has 12 nitrogen and oxygen atoms in total. The van der Waals surface area contributed by atoms with Gasteiger partial charge >= 0.3 is 0 Å². The fourth-order valence-corrected chi connectivity index (χ4v) is 7.21. The number of hydrogen-bond donors (Lipinski definition) is 0. The van der Waals surface area contributed by atoms with E-state index in [0.29, 0.717) is 48.5 Å². The number of aryl methyl sites for hydroxylation is 3. The van der Waals surface area contributed by atoms with Crippen molar-refractivity contribution in [1.82, 2.24) is 28.5 Å². The fraction of sp³-hybridized carbons (Fsp3) is 0.500. The Morgan fingerprint density at radius 3 is 2.45 bits per heavy atom. The highest BCUT2D eigenvalue weighted by molar-refractivity contribution is 7.90. The second-order valence-corrected chi connectivity index (χ2v) is 11.8. The van der Waals surface area contributed by atoms with Gasteiger partial charge in [-0.15, -0.1) is 0 Å². The normalized spacial score (nSPS) is 15.3. The van der Waals surface area contributed by atoms with Gasteiger partial charge in [0.25, 0.3) is 5.56 Å². The Labute approximate surface area is 223 Å². The molecule has 3 heterocycles. The molecule has 38 heavy (non-hydrogen) atoms. The van der Waals surface area contributed by atoms with Crippen LogP contribution < -0.4 is 10.3 Å². The van der Waals surface area contributed by atoms with Crippen LogP contribution in [0.1, 0.15) is 32.9 Å². The van der Waals surface area contributed by atoms with Gasteiger partial charge in [0.05, 0.1) is 28.3 Å². The molecule has 1 aliphatic heterocycles. The molecule has 0 amide bonds. The Bertz CT molecular complexity index is 1680. The van der Waals surface area contributed by atoms with Crippen LogP contribution in [-0.4, -0.2) is 83.6 Å². The molecule has 1 fully saturated rings. The first-order chi connectivity index (χ1) is 18.0. The zero-order valence-electron chi connectivity index (χ0n) is 22.1. The summed E-state index contributed by atoms with van der Waals surface area (Å²) in [4.78, 5) is 18.9. The molecule has 0 atom stereocenters. The Morgan fingerprint density at radius 1 is 1.08 bits per heavy atom. The van der Waals surface area contributed by atoms with Crippen LogP contribution >= 0.6 is 0 Å². The molecule has 1 saturated heterocycles. The van der Waals surface area contributed by atoms with Crippen LogP contribution in [-0.2, 0) is 40.3 Å². The molecule has 3 aromatic rings. The first kappa shape index (κ1) is 28.0. The maximum atomic E-state index is 13.7. The van der Waals surface area contributed by atoms with Gasteiger partial charge in [-0.2, -0.15) is 22.8 Å². The van der Waals surface area contributed by atoms with Gasteiger partial charge in [0.2, 0.25) is 20.3 Å². The predicted molar refractivity (Wildman–Crippen MR) is 144 cm³/mol. The maximum absolute atomic E-state index is 13.7. The number of piperazine rings is 1. The first-order valence-electron chi connectivity index (χ1n) is 12.4. The summed E-state index contributed by atoms with van der Waals surface area (Å²) in [6.07, 6.45) is 1.48. The number of ether oxygens (including phenoxy) is 1. The molecule has 0 radical (unpaired) electrons. The summed E-state index contributed by atoms with van der Waals surface area (Å²) in [5, 5.41) is 4.55. The molecular formula is C24H32N6O6S2. The molecule has 0 aliphatic carbocycles. The third-order valence-corrected chi connectivity index (χ3v) is 9.15. The lowest BCUT2D eigenvalue weighted by Gasteiger charge is -2.31. The summed E-state index contributed by atoms with van der Waals surface area (Å²) in [6, 6.07) is 4.30. The lowest BCUT2D eigenvalue weighted by molar-refractivity contribution is 0.320. The quantitative estimate of drug-likeness (QED) is 0.369. The van der Waals surface area contributed by atoms with Gasteiger partial charge in [-0.05, 0) is 45.5 Å². The van der Waals surface area contributed by atoms with E-state index in [2.05, 4.69) is 10.1 Å². The molecule has 0 saturated carbocycles. The predicted octanol–water partition coefficient (Wildman–Crippen LogP) is 1.11. The van der Waals surface area contributed by atoms with Gasteiger partial charge in [0.15, 0.2) is 5.52 Å². The minimum absolute atomic E-state index is 0.00929. The van der Waals surface area contributed by atoms with Crippen LogP contribution in [0.4, 0.5) is 0 Å². The van der Waals surface area contributed by atoms with Gasteiger partial charge in [-0.25, -0.2) is 8.42 Å². The van der Waals surface area contributed by atoms with Crippen LogP contribution in [0.3, 0.4) is 0 Å². The van der Waals surface area contributed by atoms with Gasteiger partial charge in [0, 0.05) is 33.2 Å². The van der Waals surface area contributed by atoms with Crippen molar-refractivity contribution in [3.05, 3.63) is 34.2 Å². The largest absolute Gasteiger partial charge is 0.493 e. The summed E-state index contributed by atoms with van der Waals surface area (Å²) in [5.41, 5.74) is 1.61. The van der Waals surface area contributed by atoms with E-state index in [1.807, 2.05) is 18.4 Å². The van der Waals surface area contributed by atoms with Crippen molar-refractivity contribution in [2.24, 2.45) is 7.05 Å². The van der Waals surface area contributed by atoms with E-state index in [0.717, 1.165) is 16.4 Å². The number of fused-ring (bicyclic) bond motifs is 1. The molecule has 14 heteroatoms. The van der Waals surface area contributed by atoms with Crippen LogP contribution in [0.2, 0.25) is 0 Å². The van der Waals surface area contributed by atoms with Gasteiger partial charge in [0.1, 0.15) is 16.6 Å². The van der Waals surface area contributed by atoms with Crippen LogP contribution in [0.25, 0.3) is 22.4 Å². The molecule has 4 rings (SSSR count). The van der Waals surface area contributed by atoms with E-state index in [1.165, 1.54) is 22.9 Å². The van der Waals surface area contributed by atoms with Gasteiger partial charge < -0.3 is 9.30 Å². The average molecular weight is 565 g/mol. The summed E-state index contributed by atoms with van der Waals surface area (Å²) < 4.78 is 61.4. The van der Waals surface area contributed by atoms with Crippen molar-refractivity contribution in [3.63, 3.8) is 0 Å². The first-order valence-corrected chi connectivity index (χ1v) is 15.0. The van der Waals surface area contributed by atoms with Crippen LogP contribution in [0.5, 0.6) is 5.75 Å². The van der Waals surface area contributed by atoms with Crippen molar-refractivity contribution in [1.29, 1.82) is 0 Å². The molecule has 2 aromatic heterocycles. The van der Waals surface area contributed by atoms with E-state index in [1.54, 1.807) is 25.9 Å². The van der Waals surface area contributed by atoms with E-state index in [4.69, 9.17) is 4.74 Å². The second kappa shape index (κ2) is 11.0. The number of benzene rings is 1. The Morgan fingerprint density at radius 2 is 1.82 bits per heavy atom. The smallest absolute Gasteiger partial charge is 0.299 e. The highest BCUT2D eigenvalue weighted by Crippen LogP contribution is 2.34. The SMILES string of the molecule is CCCc1nn(C)c2c(=O)nc(-c3cc(S(=O)(=O)N4CCN(C)CC4=S(=O)=O)ccc3OCC)n(CC)c12. The summed E-state index contributed by atoms with van der Waals surface area (Å²) >= 11 is 0.